The van der Waals surface area contributed by atoms with E-state index in [2.05, 4.69) is 0 Å². The predicted molar refractivity (Wildman–Crippen MR) is 115 cm³/mol. The summed E-state index contributed by atoms with van der Waals surface area (Å²) in [6.07, 6.45) is 0.341. The lowest BCUT2D eigenvalue weighted by molar-refractivity contribution is 0.0182. The second kappa shape index (κ2) is 8.89. The van der Waals surface area contributed by atoms with Gasteiger partial charge in [-0.2, -0.15) is 0 Å². The summed E-state index contributed by atoms with van der Waals surface area (Å²) in [6, 6.07) is 3.86. The van der Waals surface area contributed by atoms with Crippen molar-refractivity contribution >= 4 is 17.1 Å². The molecule has 1 amide bonds. The van der Waals surface area contributed by atoms with Crippen molar-refractivity contribution < 1.29 is 18.7 Å². The maximum atomic E-state index is 12.4. The summed E-state index contributed by atoms with van der Waals surface area (Å²) in [4.78, 5) is 26.1. The smallest absolute Gasteiger partial charge is 0.410 e. The van der Waals surface area contributed by atoms with E-state index in [0.717, 1.165) is 16.5 Å². The highest BCUT2D eigenvalue weighted by Crippen LogP contribution is 2.29. The summed E-state index contributed by atoms with van der Waals surface area (Å²) in [6.45, 7) is 16.0. The van der Waals surface area contributed by atoms with E-state index in [-0.39, 0.29) is 17.8 Å². The number of rotatable bonds is 6. The Kier molecular flexibility index (Phi) is 6.98. The molecule has 6 nitrogen and oxygen atoms in total. The Morgan fingerprint density at radius 1 is 1.10 bits per heavy atom. The van der Waals surface area contributed by atoms with Gasteiger partial charge >= 0.3 is 11.7 Å². The summed E-state index contributed by atoms with van der Waals surface area (Å²) < 4.78 is 16.9. The SMILES string of the molecule is Cc1c(C)c2ccc(OCCCN(C(=O)OC(C)(C)C)C(C)C)c(C)c2oc1=O. The van der Waals surface area contributed by atoms with Gasteiger partial charge in [0.15, 0.2) is 0 Å². The summed E-state index contributed by atoms with van der Waals surface area (Å²) in [5.74, 6) is 0.678. The van der Waals surface area contributed by atoms with Crippen molar-refractivity contribution in [1.82, 2.24) is 4.90 Å². The molecule has 0 bridgehead atoms. The fourth-order valence-corrected chi connectivity index (χ4v) is 3.08. The van der Waals surface area contributed by atoms with Gasteiger partial charge < -0.3 is 18.8 Å². The van der Waals surface area contributed by atoms with E-state index in [1.165, 1.54) is 0 Å². The number of ether oxygens (including phenoxy) is 2. The number of hydrogen-bond donors (Lipinski definition) is 0. The minimum absolute atomic E-state index is 0.0349. The van der Waals surface area contributed by atoms with Crippen LogP contribution < -0.4 is 10.4 Å². The van der Waals surface area contributed by atoms with Gasteiger partial charge in [0.05, 0.1) is 6.61 Å². The van der Waals surface area contributed by atoms with Crippen molar-refractivity contribution in [3.63, 3.8) is 0 Å². The molecular formula is C23H33NO5. The second-order valence-corrected chi connectivity index (χ2v) is 8.67. The lowest BCUT2D eigenvalue weighted by Crippen LogP contribution is -2.41. The Morgan fingerprint density at radius 3 is 2.34 bits per heavy atom. The lowest BCUT2D eigenvalue weighted by Gasteiger charge is -2.30. The number of carbonyl (C=O) groups excluding carboxylic acids is 1. The molecule has 160 valence electrons. The Bertz CT molecular complexity index is 937. The van der Waals surface area contributed by atoms with Crippen molar-refractivity contribution in [2.45, 2.75) is 73.5 Å². The molecule has 0 aliphatic rings. The molecule has 0 aliphatic carbocycles. The fraction of sp³-hybridized carbons (Fsp3) is 0.565. The molecule has 0 spiro atoms. The zero-order chi connectivity index (χ0) is 21.9. The van der Waals surface area contributed by atoms with Gasteiger partial charge in [-0.15, -0.1) is 0 Å². The van der Waals surface area contributed by atoms with E-state index in [1.807, 2.05) is 60.6 Å². The molecule has 0 atom stereocenters. The van der Waals surface area contributed by atoms with E-state index in [9.17, 15) is 9.59 Å². The number of fused-ring (bicyclic) bond motifs is 1. The molecule has 0 aliphatic heterocycles. The molecule has 1 aromatic carbocycles. The number of amides is 1. The molecule has 29 heavy (non-hydrogen) atoms. The summed E-state index contributed by atoms with van der Waals surface area (Å²) in [7, 11) is 0. The van der Waals surface area contributed by atoms with Crippen molar-refractivity contribution in [2.75, 3.05) is 13.2 Å². The average Bonchev–Trinajstić information content (AvgIpc) is 2.60. The van der Waals surface area contributed by atoms with Gasteiger partial charge in [-0.25, -0.2) is 9.59 Å². The number of nitrogens with zero attached hydrogens (tertiary/aromatic N) is 1. The number of carbonyl (C=O) groups is 1. The molecule has 6 heteroatoms. The molecule has 1 aromatic heterocycles. The average molecular weight is 404 g/mol. The van der Waals surface area contributed by atoms with Crippen molar-refractivity contribution in [2.24, 2.45) is 0 Å². The first kappa shape index (κ1) is 22.8. The van der Waals surface area contributed by atoms with Gasteiger partial charge in [0, 0.05) is 29.1 Å². The predicted octanol–water partition coefficient (Wildman–Crippen LogP) is 5.13. The first-order valence-corrected chi connectivity index (χ1v) is 10.1. The van der Waals surface area contributed by atoms with Gasteiger partial charge in [0.25, 0.3) is 0 Å². The van der Waals surface area contributed by atoms with E-state index < -0.39 is 5.60 Å². The van der Waals surface area contributed by atoms with Gasteiger partial charge in [0.1, 0.15) is 16.9 Å². The van der Waals surface area contributed by atoms with E-state index in [4.69, 9.17) is 13.9 Å². The molecule has 2 aromatic rings. The quantitative estimate of drug-likeness (QED) is 0.494. The Balaban J connectivity index is 2.05. The highest BCUT2D eigenvalue weighted by atomic mass is 16.6. The van der Waals surface area contributed by atoms with Gasteiger partial charge in [0.2, 0.25) is 0 Å². The van der Waals surface area contributed by atoms with Crippen molar-refractivity contribution in [1.29, 1.82) is 0 Å². The summed E-state index contributed by atoms with van der Waals surface area (Å²) in [5, 5.41) is 0.919. The lowest BCUT2D eigenvalue weighted by atomic mass is 10.0. The Morgan fingerprint density at radius 2 is 1.76 bits per heavy atom. The molecule has 0 saturated heterocycles. The van der Waals surface area contributed by atoms with Crippen LogP contribution in [0.4, 0.5) is 4.79 Å². The monoisotopic (exact) mass is 403 g/mol. The first-order valence-electron chi connectivity index (χ1n) is 10.1. The van der Waals surface area contributed by atoms with E-state index in [1.54, 1.807) is 11.8 Å². The number of benzene rings is 1. The molecule has 0 unspecified atom stereocenters. The van der Waals surface area contributed by atoms with Crippen LogP contribution in [0.25, 0.3) is 11.0 Å². The molecule has 0 saturated carbocycles. The second-order valence-electron chi connectivity index (χ2n) is 8.67. The molecule has 1 heterocycles. The van der Waals surface area contributed by atoms with Crippen LogP contribution in [0.1, 0.15) is 57.7 Å². The Labute approximate surface area is 172 Å². The minimum atomic E-state index is -0.524. The third-order valence-electron chi connectivity index (χ3n) is 4.88. The zero-order valence-electron chi connectivity index (χ0n) is 18.8. The van der Waals surface area contributed by atoms with Crippen molar-refractivity contribution in [3.05, 3.63) is 39.2 Å². The first-order chi connectivity index (χ1) is 13.4. The zero-order valence-corrected chi connectivity index (χ0v) is 18.8. The third kappa shape index (κ3) is 5.52. The molecule has 0 fully saturated rings. The van der Waals surface area contributed by atoms with E-state index in [0.29, 0.717) is 36.5 Å². The topological polar surface area (TPSA) is 69.0 Å². The maximum Gasteiger partial charge on any atom is 0.410 e. The van der Waals surface area contributed by atoms with Gasteiger partial charge in [-0.05, 0) is 79.5 Å². The van der Waals surface area contributed by atoms with Gasteiger partial charge in [-0.3, -0.25) is 0 Å². The third-order valence-corrected chi connectivity index (χ3v) is 4.88. The number of hydrogen-bond acceptors (Lipinski definition) is 5. The molecule has 2 rings (SSSR count). The van der Waals surface area contributed by atoms with E-state index >= 15 is 0 Å². The van der Waals surface area contributed by atoms with Gasteiger partial charge in [-0.1, -0.05) is 0 Å². The minimum Gasteiger partial charge on any atom is -0.493 e. The van der Waals surface area contributed by atoms with Crippen molar-refractivity contribution in [3.8, 4) is 5.75 Å². The molecule has 0 N–H and O–H groups in total. The van der Waals surface area contributed by atoms with Crippen LogP contribution in [0.5, 0.6) is 5.75 Å². The van der Waals surface area contributed by atoms with Crippen LogP contribution >= 0.6 is 0 Å². The summed E-state index contributed by atoms with van der Waals surface area (Å²) in [5.41, 5.74) is 2.07. The maximum absolute atomic E-state index is 12.4. The highest BCUT2D eigenvalue weighted by molar-refractivity contribution is 5.85. The van der Waals surface area contributed by atoms with Crippen LogP contribution in [-0.2, 0) is 4.74 Å². The number of aryl methyl sites for hydroxylation is 2. The normalized spacial score (nSPS) is 11.8. The Hall–Kier alpha value is -2.50. The van der Waals surface area contributed by atoms with Crippen LogP contribution in [0.3, 0.4) is 0 Å². The highest BCUT2D eigenvalue weighted by Gasteiger charge is 2.23. The molecular weight excluding hydrogens is 370 g/mol. The standard InChI is InChI=1S/C23H33NO5/c1-14(2)24(22(26)29-23(6,7)8)12-9-13-27-19-11-10-18-15(3)16(4)21(25)28-20(18)17(19)5/h10-11,14H,9,12-13H2,1-8H3. The van der Waals surface area contributed by atoms with Crippen LogP contribution in [0, 0.1) is 20.8 Å². The van der Waals surface area contributed by atoms with Crippen LogP contribution in [0.2, 0.25) is 0 Å². The fourth-order valence-electron chi connectivity index (χ4n) is 3.08. The largest absolute Gasteiger partial charge is 0.493 e. The van der Waals surface area contributed by atoms with Crippen LogP contribution in [-0.4, -0.2) is 35.8 Å². The summed E-state index contributed by atoms with van der Waals surface area (Å²) >= 11 is 0. The van der Waals surface area contributed by atoms with Crippen LogP contribution in [0.15, 0.2) is 21.3 Å². The molecule has 0 radical (unpaired) electrons.